The topological polar surface area (TPSA) is 70.7 Å². The fraction of sp³-hybridized carbons (Fsp3) is 0.0714. The van der Waals surface area contributed by atoms with Crippen LogP contribution in [-0.2, 0) is 0 Å². The molecule has 6 nitrogen and oxygen atoms in total. The van der Waals surface area contributed by atoms with Crippen LogP contribution in [-0.4, -0.2) is 25.0 Å². The second kappa shape index (κ2) is 12.0. The van der Waals surface area contributed by atoms with Crippen LogP contribution in [0.2, 0.25) is 0 Å². The summed E-state index contributed by atoms with van der Waals surface area (Å²) in [4.78, 5) is 27.0. The zero-order valence-corrected chi connectivity index (χ0v) is 20.7. The summed E-state index contributed by atoms with van der Waals surface area (Å²) >= 11 is 3.35. The first-order valence-corrected chi connectivity index (χ1v) is 12.0. The predicted octanol–water partition coefficient (Wildman–Crippen LogP) is 6.85. The number of halogens is 2. The van der Waals surface area contributed by atoms with E-state index in [1.165, 1.54) is 17.0 Å². The normalized spacial score (nSPS) is 10.4. The van der Waals surface area contributed by atoms with E-state index in [2.05, 4.69) is 26.6 Å². The Morgan fingerprint density at radius 1 is 0.806 bits per heavy atom. The van der Waals surface area contributed by atoms with E-state index in [0.29, 0.717) is 22.7 Å². The van der Waals surface area contributed by atoms with Crippen molar-refractivity contribution in [1.29, 1.82) is 0 Å². The second-order valence-corrected chi connectivity index (χ2v) is 8.65. The van der Waals surface area contributed by atoms with Gasteiger partial charge in [0.05, 0.1) is 5.69 Å². The van der Waals surface area contributed by atoms with Crippen LogP contribution in [0, 0.1) is 5.82 Å². The molecule has 182 valence electrons. The number of para-hydroxylation sites is 2. The smallest absolute Gasteiger partial charge is 0.326 e. The molecule has 0 unspecified atom stereocenters. The first kappa shape index (κ1) is 24.9. The molecule has 0 saturated heterocycles. The highest BCUT2D eigenvalue weighted by atomic mass is 79.9. The molecular formula is C28H23BrFN3O3. The maximum atomic E-state index is 14.1. The Kier molecular flexibility index (Phi) is 8.31. The lowest BCUT2D eigenvalue weighted by molar-refractivity contribution is 0.0954. The van der Waals surface area contributed by atoms with Gasteiger partial charge in [0.15, 0.2) is 0 Å². The average Bonchev–Trinajstić information content (AvgIpc) is 2.89. The second-order valence-electron chi connectivity index (χ2n) is 7.73. The molecule has 0 spiro atoms. The van der Waals surface area contributed by atoms with Crippen LogP contribution in [0.5, 0.6) is 11.5 Å². The molecular weight excluding hydrogens is 525 g/mol. The first-order chi connectivity index (χ1) is 17.5. The highest BCUT2D eigenvalue weighted by molar-refractivity contribution is 9.10. The molecule has 36 heavy (non-hydrogen) atoms. The van der Waals surface area contributed by atoms with E-state index in [-0.39, 0.29) is 24.7 Å². The lowest BCUT2D eigenvalue weighted by atomic mass is 10.2. The highest BCUT2D eigenvalue weighted by Crippen LogP contribution is 2.25. The summed E-state index contributed by atoms with van der Waals surface area (Å²) in [6.45, 7) is 0.337. The van der Waals surface area contributed by atoms with Gasteiger partial charge in [-0.3, -0.25) is 9.69 Å². The van der Waals surface area contributed by atoms with E-state index in [1.807, 2.05) is 30.3 Å². The van der Waals surface area contributed by atoms with Crippen LogP contribution in [0.1, 0.15) is 10.4 Å². The van der Waals surface area contributed by atoms with Gasteiger partial charge >= 0.3 is 6.03 Å². The molecule has 0 aliphatic rings. The monoisotopic (exact) mass is 547 g/mol. The molecule has 0 aliphatic heterocycles. The van der Waals surface area contributed by atoms with Crippen molar-refractivity contribution in [2.75, 3.05) is 23.3 Å². The van der Waals surface area contributed by atoms with Gasteiger partial charge < -0.3 is 15.4 Å². The number of amides is 3. The number of benzene rings is 4. The van der Waals surface area contributed by atoms with Gasteiger partial charge in [-0.25, -0.2) is 9.18 Å². The largest absolute Gasteiger partial charge is 0.457 e. The molecule has 0 fully saturated rings. The third-order valence-electron chi connectivity index (χ3n) is 5.22. The van der Waals surface area contributed by atoms with Crippen molar-refractivity contribution in [2.24, 2.45) is 0 Å². The van der Waals surface area contributed by atoms with Crippen LogP contribution in [0.3, 0.4) is 0 Å². The number of anilines is 2. The van der Waals surface area contributed by atoms with Gasteiger partial charge in [-0.1, -0.05) is 46.3 Å². The maximum absolute atomic E-state index is 14.1. The summed E-state index contributed by atoms with van der Waals surface area (Å²) < 4.78 is 20.8. The van der Waals surface area contributed by atoms with Gasteiger partial charge in [0.25, 0.3) is 5.91 Å². The molecule has 0 heterocycles. The van der Waals surface area contributed by atoms with Crippen LogP contribution in [0.4, 0.5) is 20.6 Å². The van der Waals surface area contributed by atoms with Gasteiger partial charge in [-0.05, 0) is 72.8 Å². The average molecular weight is 548 g/mol. The van der Waals surface area contributed by atoms with Gasteiger partial charge in [-0.2, -0.15) is 0 Å². The van der Waals surface area contributed by atoms with Crippen LogP contribution in [0.25, 0.3) is 0 Å². The van der Waals surface area contributed by atoms with E-state index in [0.717, 1.165) is 4.47 Å². The molecule has 4 aromatic rings. The number of rotatable bonds is 8. The minimum atomic E-state index is -0.541. The predicted molar refractivity (Wildman–Crippen MR) is 142 cm³/mol. The summed E-state index contributed by atoms with van der Waals surface area (Å²) in [5.74, 6) is 0.488. The van der Waals surface area contributed by atoms with E-state index in [1.54, 1.807) is 60.7 Å². The number of ether oxygens (including phenoxy) is 1. The lowest BCUT2D eigenvalue weighted by Crippen LogP contribution is -2.41. The summed E-state index contributed by atoms with van der Waals surface area (Å²) in [7, 11) is 0. The van der Waals surface area contributed by atoms with Crippen molar-refractivity contribution < 1.29 is 18.7 Å². The molecule has 0 aromatic heterocycles. The van der Waals surface area contributed by atoms with Gasteiger partial charge in [0.1, 0.15) is 17.3 Å². The fourth-order valence-electron chi connectivity index (χ4n) is 3.40. The van der Waals surface area contributed by atoms with E-state index < -0.39 is 11.8 Å². The summed E-state index contributed by atoms with van der Waals surface area (Å²) in [6, 6.07) is 28.7. The molecule has 4 aromatic carbocycles. The number of urea groups is 1. The van der Waals surface area contributed by atoms with Crippen LogP contribution >= 0.6 is 15.9 Å². The van der Waals surface area contributed by atoms with Crippen LogP contribution < -0.4 is 20.3 Å². The maximum Gasteiger partial charge on any atom is 0.326 e. The Hall–Kier alpha value is -4.17. The Morgan fingerprint density at radius 2 is 1.44 bits per heavy atom. The van der Waals surface area contributed by atoms with Crippen molar-refractivity contribution in [3.05, 3.63) is 119 Å². The van der Waals surface area contributed by atoms with Crippen molar-refractivity contribution in [3.63, 3.8) is 0 Å². The van der Waals surface area contributed by atoms with Crippen molar-refractivity contribution in [3.8, 4) is 11.5 Å². The molecule has 0 bridgehead atoms. The molecule has 4 rings (SSSR count). The van der Waals surface area contributed by atoms with Gasteiger partial charge in [0, 0.05) is 28.8 Å². The minimum absolute atomic E-state index is 0.0652. The summed E-state index contributed by atoms with van der Waals surface area (Å²) in [6.07, 6.45) is 0. The van der Waals surface area contributed by atoms with Crippen molar-refractivity contribution >= 4 is 39.2 Å². The van der Waals surface area contributed by atoms with Gasteiger partial charge in [-0.15, -0.1) is 0 Å². The Morgan fingerprint density at radius 3 is 2.14 bits per heavy atom. The molecule has 2 N–H and O–H groups in total. The summed E-state index contributed by atoms with van der Waals surface area (Å²) in [5.41, 5.74) is 1.13. The van der Waals surface area contributed by atoms with Crippen LogP contribution in [0.15, 0.2) is 108 Å². The SMILES string of the molecule is O=C(NCCN(C(=O)Nc1ccccc1F)c1ccc(Oc2ccccc2)cc1)c1ccc(Br)cc1. The van der Waals surface area contributed by atoms with E-state index in [4.69, 9.17) is 4.74 Å². The minimum Gasteiger partial charge on any atom is -0.457 e. The Balaban J connectivity index is 1.47. The standard InChI is InChI=1S/C28H23BrFN3O3/c29-21-12-10-20(11-13-21)27(34)31-18-19-33(28(35)32-26-9-5-4-8-25(26)30)22-14-16-24(17-15-22)36-23-6-2-1-3-7-23/h1-17H,18-19H2,(H,31,34)(H,32,35). The molecule has 0 aliphatic carbocycles. The van der Waals surface area contributed by atoms with Crippen molar-refractivity contribution in [2.45, 2.75) is 0 Å². The Bertz CT molecular complexity index is 1320. The zero-order valence-electron chi connectivity index (χ0n) is 19.2. The van der Waals surface area contributed by atoms with Gasteiger partial charge in [0.2, 0.25) is 0 Å². The molecule has 0 saturated carbocycles. The molecule has 3 amide bonds. The fourth-order valence-corrected chi connectivity index (χ4v) is 3.66. The third kappa shape index (κ3) is 6.70. The van der Waals surface area contributed by atoms with E-state index in [9.17, 15) is 14.0 Å². The molecule has 0 radical (unpaired) electrons. The third-order valence-corrected chi connectivity index (χ3v) is 5.74. The lowest BCUT2D eigenvalue weighted by Gasteiger charge is -2.24. The van der Waals surface area contributed by atoms with Crippen molar-refractivity contribution in [1.82, 2.24) is 5.32 Å². The number of nitrogens with one attached hydrogen (secondary N) is 2. The number of carbonyl (C=O) groups is 2. The van der Waals surface area contributed by atoms with E-state index >= 15 is 0 Å². The molecule has 8 heteroatoms. The zero-order chi connectivity index (χ0) is 25.3. The number of carbonyl (C=O) groups excluding carboxylic acids is 2. The quantitative estimate of drug-likeness (QED) is 0.253. The highest BCUT2D eigenvalue weighted by Gasteiger charge is 2.18. The Labute approximate surface area is 216 Å². The number of hydrogen-bond donors (Lipinski definition) is 2. The number of hydrogen-bond acceptors (Lipinski definition) is 3. The molecule has 0 atom stereocenters. The summed E-state index contributed by atoms with van der Waals surface area (Å²) in [5, 5.41) is 5.42. The first-order valence-electron chi connectivity index (χ1n) is 11.2. The number of nitrogens with zero attached hydrogens (tertiary/aromatic N) is 1.